The molecule has 1 aliphatic carbocycles. The van der Waals surface area contributed by atoms with Crippen LogP contribution in [0.5, 0.6) is 0 Å². The fourth-order valence-corrected chi connectivity index (χ4v) is 5.36. The highest BCUT2D eigenvalue weighted by Gasteiger charge is 2.39. The Morgan fingerprint density at radius 2 is 2.00 bits per heavy atom. The van der Waals surface area contributed by atoms with Crippen molar-refractivity contribution in [1.29, 1.82) is 0 Å². The molecule has 2 aromatic carbocycles. The van der Waals surface area contributed by atoms with E-state index in [0.29, 0.717) is 18.2 Å². The van der Waals surface area contributed by atoms with Crippen LogP contribution in [-0.4, -0.2) is 23.1 Å². The zero-order chi connectivity index (χ0) is 20.2. The van der Waals surface area contributed by atoms with Gasteiger partial charge in [-0.1, -0.05) is 60.2 Å². The van der Waals surface area contributed by atoms with Gasteiger partial charge in [0, 0.05) is 23.8 Å². The molecular weight excluding hydrogens is 380 g/mol. The molecule has 1 aliphatic heterocycles. The fourth-order valence-electron chi connectivity index (χ4n) is 4.07. The van der Waals surface area contributed by atoms with E-state index < -0.39 is 0 Å². The van der Waals surface area contributed by atoms with Gasteiger partial charge in [0.2, 0.25) is 5.91 Å². The second-order valence-electron chi connectivity index (χ2n) is 7.87. The Kier molecular flexibility index (Phi) is 6.05. The molecule has 2 N–H and O–H groups in total. The molecule has 1 saturated carbocycles. The summed E-state index contributed by atoms with van der Waals surface area (Å²) < 4.78 is 0. The van der Waals surface area contributed by atoms with E-state index >= 15 is 0 Å². The number of fused-ring (bicyclic) bond motifs is 1. The zero-order valence-electron chi connectivity index (χ0n) is 16.6. The van der Waals surface area contributed by atoms with E-state index in [9.17, 15) is 9.59 Å². The monoisotopic (exact) mass is 406 g/mol. The Morgan fingerprint density at radius 3 is 2.79 bits per heavy atom. The van der Waals surface area contributed by atoms with Crippen molar-refractivity contribution in [2.24, 2.45) is 5.92 Å². The molecule has 3 unspecified atom stereocenters. The highest BCUT2D eigenvalue weighted by atomic mass is 32.2. The van der Waals surface area contributed by atoms with Gasteiger partial charge >= 0.3 is 0 Å². The number of rotatable bonds is 4. The molecule has 0 aromatic heterocycles. The molecule has 2 fully saturated rings. The summed E-state index contributed by atoms with van der Waals surface area (Å²) >= 11 is 1.67. The molecule has 1 heterocycles. The van der Waals surface area contributed by atoms with Crippen LogP contribution in [0.15, 0.2) is 59.5 Å². The number of thioether (sulfide) groups is 1. The van der Waals surface area contributed by atoms with Crippen LogP contribution in [-0.2, 0) is 16.1 Å². The molecule has 29 heavy (non-hydrogen) atoms. The highest BCUT2D eigenvalue weighted by Crippen LogP contribution is 2.40. The predicted octanol–water partition coefficient (Wildman–Crippen LogP) is 4.05. The van der Waals surface area contributed by atoms with Crippen molar-refractivity contribution >= 4 is 29.7 Å². The molecule has 3 atom stereocenters. The number of benzene rings is 2. The first-order valence-electron chi connectivity index (χ1n) is 10.2. The van der Waals surface area contributed by atoms with E-state index in [1.165, 1.54) is 5.56 Å². The summed E-state index contributed by atoms with van der Waals surface area (Å²) in [6, 6.07) is 18.2. The van der Waals surface area contributed by atoms with Crippen molar-refractivity contribution in [3.8, 4) is 0 Å². The van der Waals surface area contributed by atoms with Crippen molar-refractivity contribution < 1.29 is 9.59 Å². The first kappa shape index (κ1) is 19.8. The standard InChI is InChI=1S/C24H26N2O2S/c1-16-6-5-9-18(12-16)13-22-24(28)26-20-14-19(10-11-21(20)29-22)23(27)25-15-17-7-3-2-4-8-17/h2-9,12-13,19-21H,10-11,14-15H2,1H3,(H,25,27)(H,26,28)/b22-13+. The maximum absolute atomic E-state index is 12.6. The summed E-state index contributed by atoms with van der Waals surface area (Å²) in [6.07, 6.45) is 4.48. The minimum Gasteiger partial charge on any atom is -0.352 e. The van der Waals surface area contributed by atoms with Crippen LogP contribution in [0.2, 0.25) is 0 Å². The second-order valence-corrected chi connectivity index (χ2v) is 9.15. The average molecular weight is 407 g/mol. The lowest BCUT2D eigenvalue weighted by molar-refractivity contribution is -0.127. The summed E-state index contributed by atoms with van der Waals surface area (Å²) in [5.41, 5.74) is 3.33. The van der Waals surface area contributed by atoms with Gasteiger partial charge in [-0.2, -0.15) is 0 Å². The number of carbonyl (C=O) groups excluding carboxylic acids is 2. The molecular formula is C24H26N2O2S. The minimum atomic E-state index is -0.0387. The molecule has 4 rings (SSSR count). The molecule has 0 bridgehead atoms. The average Bonchev–Trinajstić information content (AvgIpc) is 2.73. The minimum absolute atomic E-state index is 0.0249. The Morgan fingerprint density at radius 1 is 1.17 bits per heavy atom. The molecule has 2 amide bonds. The van der Waals surface area contributed by atoms with E-state index in [1.807, 2.05) is 48.5 Å². The number of carbonyl (C=O) groups is 2. The Hall–Kier alpha value is -2.53. The van der Waals surface area contributed by atoms with Crippen molar-refractivity contribution in [1.82, 2.24) is 10.6 Å². The topological polar surface area (TPSA) is 58.2 Å². The van der Waals surface area contributed by atoms with Gasteiger partial charge in [0.25, 0.3) is 5.91 Å². The smallest absolute Gasteiger partial charge is 0.257 e. The number of hydrogen-bond donors (Lipinski definition) is 2. The molecule has 1 saturated heterocycles. The van der Waals surface area contributed by atoms with Gasteiger partial charge in [-0.25, -0.2) is 0 Å². The predicted molar refractivity (Wildman–Crippen MR) is 118 cm³/mol. The number of nitrogens with one attached hydrogen (secondary N) is 2. The molecule has 5 heteroatoms. The van der Waals surface area contributed by atoms with E-state index in [2.05, 4.69) is 29.7 Å². The van der Waals surface area contributed by atoms with Gasteiger partial charge in [0.15, 0.2) is 0 Å². The maximum Gasteiger partial charge on any atom is 0.257 e. The van der Waals surface area contributed by atoms with Crippen LogP contribution in [0.4, 0.5) is 0 Å². The number of amides is 2. The van der Waals surface area contributed by atoms with Gasteiger partial charge in [0.1, 0.15) is 0 Å². The van der Waals surface area contributed by atoms with E-state index in [1.54, 1.807) is 11.8 Å². The maximum atomic E-state index is 12.6. The highest BCUT2D eigenvalue weighted by molar-refractivity contribution is 8.04. The third-order valence-electron chi connectivity index (χ3n) is 5.63. The van der Waals surface area contributed by atoms with Gasteiger partial charge in [0.05, 0.1) is 4.91 Å². The van der Waals surface area contributed by atoms with Crippen LogP contribution >= 0.6 is 11.8 Å². The molecule has 4 nitrogen and oxygen atoms in total. The summed E-state index contributed by atoms with van der Waals surface area (Å²) in [7, 11) is 0. The van der Waals surface area contributed by atoms with Crippen LogP contribution in [0.3, 0.4) is 0 Å². The molecule has 0 spiro atoms. The van der Waals surface area contributed by atoms with E-state index in [4.69, 9.17) is 0 Å². The quantitative estimate of drug-likeness (QED) is 0.753. The van der Waals surface area contributed by atoms with E-state index in [0.717, 1.165) is 28.9 Å². The van der Waals surface area contributed by atoms with Crippen molar-refractivity contribution in [3.63, 3.8) is 0 Å². The van der Waals surface area contributed by atoms with Gasteiger partial charge in [-0.3, -0.25) is 9.59 Å². The second kappa shape index (κ2) is 8.87. The van der Waals surface area contributed by atoms with Crippen LogP contribution < -0.4 is 10.6 Å². The SMILES string of the molecule is Cc1cccc(/C=C2/SC3CCC(C(=O)NCc4ccccc4)CC3NC2=O)c1. The molecule has 2 aromatic rings. The summed E-state index contributed by atoms with van der Waals surface area (Å²) in [6.45, 7) is 2.60. The first-order chi connectivity index (χ1) is 14.1. The lowest BCUT2D eigenvalue weighted by Crippen LogP contribution is -2.51. The molecule has 0 radical (unpaired) electrons. The number of aryl methyl sites for hydroxylation is 1. The lowest BCUT2D eigenvalue weighted by atomic mass is 9.84. The molecule has 150 valence electrons. The third-order valence-corrected chi connectivity index (χ3v) is 7.05. The van der Waals surface area contributed by atoms with Crippen molar-refractivity contribution in [2.45, 2.75) is 44.0 Å². The summed E-state index contributed by atoms with van der Waals surface area (Å²) in [5, 5.41) is 6.54. The Balaban J connectivity index is 1.35. The first-order valence-corrected chi connectivity index (χ1v) is 11.0. The summed E-state index contributed by atoms with van der Waals surface area (Å²) in [4.78, 5) is 26.0. The summed E-state index contributed by atoms with van der Waals surface area (Å²) in [5.74, 6) is 0.0268. The largest absolute Gasteiger partial charge is 0.352 e. The van der Waals surface area contributed by atoms with Crippen molar-refractivity contribution in [2.75, 3.05) is 0 Å². The Labute approximate surface area is 176 Å². The fraction of sp³-hybridized carbons (Fsp3) is 0.333. The van der Waals surface area contributed by atoms with E-state index in [-0.39, 0.29) is 23.8 Å². The van der Waals surface area contributed by atoms with Gasteiger partial charge in [-0.05, 0) is 43.4 Å². The number of hydrogen-bond acceptors (Lipinski definition) is 3. The zero-order valence-corrected chi connectivity index (χ0v) is 17.4. The molecule has 2 aliphatic rings. The third kappa shape index (κ3) is 4.91. The van der Waals surface area contributed by atoms with Crippen LogP contribution in [0.25, 0.3) is 6.08 Å². The Bertz CT molecular complexity index is 925. The van der Waals surface area contributed by atoms with Gasteiger partial charge in [-0.15, -0.1) is 11.8 Å². The lowest BCUT2D eigenvalue weighted by Gasteiger charge is -2.39. The normalized spacial score (nSPS) is 25.2. The van der Waals surface area contributed by atoms with Crippen molar-refractivity contribution in [3.05, 3.63) is 76.2 Å². The van der Waals surface area contributed by atoms with Crippen LogP contribution in [0, 0.1) is 12.8 Å². The van der Waals surface area contributed by atoms with Gasteiger partial charge < -0.3 is 10.6 Å². The van der Waals surface area contributed by atoms with Crippen LogP contribution in [0.1, 0.15) is 36.0 Å².